The summed E-state index contributed by atoms with van der Waals surface area (Å²) in [5, 5.41) is 0.916. The van der Waals surface area contributed by atoms with Gasteiger partial charge in [-0.05, 0) is 24.3 Å². The molecule has 0 radical (unpaired) electrons. The van der Waals surface area contributed by atoms with Gasteiger partial charge in [0.25, 0.3) is 10.0 Å². The fraction of sp³-hybridized carbons (Fsp3) is 0.200. The lowest BCUT2D eigenvalue weighted by molar-refractivity contribution is -0.139. The van der Waals surface area contributed by atoms with Gasteiger partial charge < -0.3 is 9.64 Å². The highest BCUT2D eigenvalue weighted by molar-refractivity contribution is 7.90. The SMILES string of the molecule is O=C(OCc1ccc(Cl)cc1Cl)C1=CN2CCS(=O)(=O)N=C2C=C1. The number of esters is 1. The summed E-state index contributed by atoms with van der Waals surface area (Å²) >= 11 is 11.8. The average Bonchev–Trinajstić information content (AvgIpc) is 2.52. The highest BCUT2D eigenvalue weighted by Crippen LogP contribution is 2.22. The summed E-state index contributed by atoms with van der Waals surface area (Å²) in [5.41, 5.74) is 0.944. The molecular weight excluding hydrogens is 375 g/mol. The first-order valence-corrected chi connectivity index (χ1v) is 9.31. The van der Waals surface area contributed by atoms with Gasteiger partial charge in [0.1, 0.15) is 12.4 Å². The maximum atomic E-state index is 12.2. The number of amidine groups is 1. The number of benzene rings is 1. The van der Waals surface area contributed by atoms with E-state index in [0.717, 1.165) is 0 Å². The number of carbonyl (C=O) groups excluding carboxylic acids is 1. The van der Waals surface area contributed by atoms with Crippen molar-refractivity contribution in [3.63, 3.8) is 0 Å². The summed E-state index contributed by atoms with van der Waals surface area (Å²) in [4.78, 5) is 13.8. The van der Waals surface area contributed by atoms with Gasteiger partial charge in [-0.25, -0.2) is 13.2 Å². The Morgan fingerprint density at radius 3 is 2.83 bits per heavy atom. The van der Waals surface area contributed by atoms with E-state index < -0.39 is 16.0 Å². The van der Waals surface area contributed by atoms with Crippen LogP contribution in [0.5, 0.6) is 0 Å². The van der Waals surface area contributed by atoms with Crippen molar-refractivity contribution in [2.45, 2.75) is 6.61 Å². The van der Waals surface area contributed by atoms with Crippen LogP contribution in [0.2, 0.25) is 10.0 Å². The van der Waals surface area contributed by atoms with Crippen LogP contribution in [0.3, 0.4) is 0 Å². The van der Waals surface area contributed by atoms with Crippen molar-refractivity contribution >= 4 is 45.0 Å². The molecular formula is C15H12Cl2N2O4S. The van der Waals surface area contributed by atoms with Crippen LogP contribution < -0.4 is 0 Å². The van der Waals surface area contributed by atoms with Crippen molar-refractivity contribution in [2.75, 3.05) is 12.3 Å². The first kappa shape index (κ1) is 17.0. The highest BCUT2D eigenvalue weighted by atomic mass is 35.5. The Morgan fingerprint density at radius 1 is 1.29 bits per heavy atom. The van der Waals surface area contributed by atoms with Gasteiger partial charge >= 0.3 is 5.97 Å². The van der Waals surface area contributed by atoms with Gasteiger partial charge in [-0.15, -0.1) is 4.40 Å². The van der Waals surface area contributed by atoms with Crippen molar-refractivity contribution in [3.8, 4) is 0 Å². The number of halogens is 2. The number of carbonyl (C=O) groups is 1. The molecule has 0 bridgehead atoms. The molecule has 2 aliphatic heterocycles. The fourth-order valence-corrected chi connectivity index (χ4v) is 3.62. The minimum atomic E-state index is -3.42. The van der Waals surface area contributed by atoms with E-state index in [1.54, 1.807) is 23.1 Å². The van der Waals surface area contributed by atoms with E-state index >= 15 is 0 Å². The molecule has 0 aliphatic carbocycles. The number of nitrogens with zero attached hydrogens (tertiary/aromatic N) is 2. The zero-order valence-corrected chi connectivity index (χ0v) is 14.6. The van der Waals surface area contributed by atoms with Gasteiger partial charge in [0.05, 0.1) is 11.3 Å². The molecule has 0 spiro atoms. The molecule has 24 heavy (non-hydrogen) atoms. The molecule has 0 aromatic heterocycles. The van der Waals surface area contributed by atoms with Gasteiger partial charge in [-0.3, -0.25) is 0 Å². The normalized spacial score (nSPS) is 18.5. The second-order valence-corrected chi connectivity index (χ2v) is 7.76. The van der Waals surface area contributed by atoms with E-state index in [9.17, 15) is 13.2 Å². The summed E-state index contributed by atoms with van der Waals surface area (Å²) in [6.07, 6.45) is 4.48. The van der Waals surface area contributed by atoms with Crippen LogP contribution >= 0.6 is 23.2 Å². The lowest BCUT2D eigenvalue weighted by Gasteiger charge is -2.26. The fourth-order valence-electron chi connectivity index (χ4n) is 2.19. The third kappa shape index (κ3) is 3.80. The van der Waals surface area contributed by atoms with Crippen LogP contribution in [-0.2, 0) is 26.2 Å². The van der Waals surface area contributed by atoms with Crippen LogP contribution in [0, 0.1) is 0 Å². The standard InChI is InChI=1S/C15H12Cl2N2O4S/c16-12-3-1-11(13(17)7-12)9-23-15(20)10-2-4-14-18-24(21,22)6-5-19(14)8-10/h1-4,7-8H,5-6,9H2. The molecule has 0 N–H and O–H groups in total. The quantitative estimate of drug-likeness (QED) is 0.745. The molecule has 2 aliphatic rings. The van der Waals surface area contributed by atoms with Gasteiger partial charge in [0.2, 0.25) is 0 Å². The van der Waals surface area contributed by atoms with E-state index in [2.05, 4.69) is 4.40 Å². The third-order valence-electron chi connectivity index (χ3n) is 3.43. The van der Waals surface area contributed by atoms with E-state index in [4.69, 9.17) is 27.9 Å². The Morgan fingerprint density at radius 2 is 2.08 bits per heavy atom. The van der Waals surface area contributed by atoms with Crippen LogP contribution in [0.15, 0.2) is 46.5 Å². The average molecular weight is 387 g/mol. The first-order chi connectivity index (χ1) is 11.3. The Bertz CT molecular complexity index is 891. The number of hydrogen-bond acceptors (Lipinski definition) is 5. The summed E-state index contributed by atoms with van der Waals surface area (Å²) in [6.45, 7) is 0.251. The molecule has 2 heterocycles. The summed E-state index contributed by atoms with van der Waals surface area (Å²) in [5.74, 6) is -0.341. The Kier molecular flexibility index (Phi) is 4.67. The predicted molar refractivity (Wildman–Crippen MR) is 91.4 cm³/mol. The topological polar surface area (TPSA) is 76.0 Å². The number of fused-ring (bicyclic) bond motifs is 1. The minimum Gasteiger partial charge on any atom is -0.457 e. The molecule has 0 fully saturated rings. The second kappa shape index (κ2) is 6.58. The second-order valence-electron chi connectivity index (χ2n) is 5.16. The molecule has 6 nitrogen and oxygen atoms in total. The Labute approximate surface area is 149 Å². The molecule has 1 aromatic rings. The van der Waals surface area contributed by atoms with E-state index in [0.29, 0.717) is 27.0 Å². The Balaban J connectivity index is 1.69. The zero-order chi connectivity index (χ0) is 17.3. The monoisotopic (exact) mass is 386 g/mol. The van der Waals surface area contributed by atoms with Crippen molar-refractivity contribution in [1.29, 1.82) is 0 Å². The number of hydrogen-bond donors (Lipinski definition) is 0. The molecule has 0 unspecified atom stereocenters. The van der Waals surface area contributed by atoms with Crippen LogP contribution in [-0.4, -0.2) is 37.4 Å². The number of rotatable bonds is 3. The Hall–Kier alpha value is -1.83. The first-order valence-electron chi connectivity index (χ1n) is 6.94. The zero-order valence-electron chi connectivity index (χ0n) is 12.3. The molecule has 0 amide bonds. The number of ether oxygens (including phenoxy) is 1. The summed E-state index contributed by atoms with van der Waals surface area (Å²) < 4.78 is 31.8. The minimum absolute atomic E-state index is 0.00927. The van der Waals surface area contributed by atoms with Gasteiger partial charge in [0, 0.05) is 28.4 Å². The molecule has 0 atom stereocenters. The largest absolute Gasteiger partial charge is 0.457 e. The molecule has 3 rings (SSSR count). The summed E-state index contributed by atoms with van der Waals surface area (Å²) in [6, 6.07) is 4.92. The van der Waals surface area contributed by atoms with Crippen LogP contribution in [0.1, 0.15) is 5.56 Å². The maximum absolute atomic E-state index is 12.2. The molecule has 0 saturated heterocycles. The van der Waals surface area contributed by atoms with E-state index in [1.165, 1.54) is 18.4 Å². The molecule has 0 saturated carbocycles. The highest BCUT2D eigenvalue weighted by Gasteiger charge is 2.25. The van der Waals surface area contributed by atoms with E-state index in [1.807, 2.05) is 0 Å². The van der Waals surface area contributed by atoms with Crippen molar-refractivity contribution in [2.24, 2.45) is 4.40 Å². The van der Waals surface area contributed by atoms with Gasteiger partial charge in [-0.1, -0.05) is 29.3 Å². The van der Waals surface area contributed by atoms with Crippen LogP contribution in [0.25, 0.3) is 0 Å². The van der Waals surface area contributed by atoms with Crippen LogP contribution in [0.4, 0.5) is 0 Å². The number of sulfonamides is 1. The third-order valence-corrected chi connectivity index (χ3v) is 5.18. The van der Waals surface area contributed by atoms with Gasteiger partial charge in [0.15, 0.2) is 0 Å². The lowest BCUT2D eigenvalue weighted by atomic mass is 10.2. The smallest absolute Gasteiger partial charge is 0.339 e. The van der Waals surface area contributed by atoms with Crippen molar-refractivity contribution < 1.29 is 17.9 Å². The summed E-state index contributed by atoms with van der Waals surface area (Å²) in [7, 11) is -3.42. The van der Waals surface area contributed by atoms with Gasteiger partial charge in [-0.2, -0.15) is 0 Å². The van der Waals surface area contributed by atoms with E-state index in [-0.39, 0.29) is 18.9 Å². The molecule has 1 aromatic carbocycles. The lowest BCUT2D eigenvalue weighted by Crippen LogP contribution is -2.37. The molecule has 9 heteroatoms. The van der Waals surface area contributed by atoms with Crippen molar-refractivity contribution in [3.05, 3.63) is 57.7 Å². The predicted octanol–water partition coefficient (Wildman–Crippen LogP) is 2.53. The van der Waals surface area contributed by atoms with Crippen molar-refractivity contribution in [1.82, 2.24) is 4.90 Å². The maximum Gasteiger partial charge on any atom is 0.339 e. The molecule has 126 valence electrons.